The Bertz CT molecular complexity index is 1450. The van der Waals surface area contributed by atoms with Gasteiger partial charge in [-0.2, -0.15) is 0 Å². The molecule has 38 heavy (non-hydrogen) atoms. The number of benzene rings is 3. The summed E-state index contributed by atoms with van der Waals surface area (Å²) in [5.74, 6) is -2.07. The molecule has 0 atom stereocenters. The smallest absolute Gasteiger partial charge is 0.338 e. The van der Waals surface area contributed by atoms with Crippen LogP contribution in [0.25, 0.3) is 0 Å². The molecule has 194 valence electrons. The van der Waals surface area contributed by atoms with Crippen LogP contribution in [-0.2, 0) is 14.3 Å². The Morgan fingerprint density at radius 3 is 2.29 bits per heavy atom. The summed E-state index contributed by atoms with van der Waals surface area (Å²) >= 11 is 6.27. The molecule has 0 spiro atoms. The predicted octanol–water partition coefficient (Wildman–Crippen LogP) is 5.27. The van der Waals surface area contributed by atoms with Crippen molar-refractivity contribution in [2.45, 2.75) is 20.8 Å². The van der Waals surface area contributed by atoms with Crippen molar-refractivity contribution in [3.05, 3.63) is 100 Å². The minimum atomic E-state index is -0.702. The van der Waals surface area contributed by atoms with Gasteiger partial charge >= 0.3 is 5.97 Å². The number of hydrogen-bond acceptors (Lipinski definition) is 6. The number of esters is 1. The van der Waals surface area contributed by atoms with Crippen LogP contribution in [0, 0.1) is 6.92 Å². The van der Waals surface area contributed by atoms with Crippen LogP contribution in [0.15, 0.2) is 83.5 Å². The lowest BCUT2D eigenvalue weighted by molar-refractivity contribution is -0.120. The van der Waals surface area contributed by atoms with Gasteiger partial charge in [0.25, 0.3) is 17.7 Å². The molecule has 3 aromatic rings. The molecule has 0 saturated carbocycles. The van der Waals surface area contributed by atoms with Crippen LogP contribution < -0.4 is 15.1 Å². The van der Waals surface area contributed by atoms with Gasteiger partial charge < -0.3 is 15.0 Å². The van der Waals surface area contributed by atoms with Crippen molar-refractivity contribution >= 4 is 52.4 Å². The van der Waals surface area contributed by atoms with E-state index < -0.39 is 17.8 Å². The third-order valence-electron chi connectivity index (χ3n) is 5.92. The number of carbonyl (C=O) groups is 4. The minimum absolute atomic E-state index is 0.109. The zero-order chi connectivity index (χ0) is 27.4. The first kappa shape index (κ1) is 26.6. The second kappa shape index (κ2) is 11.3. The number of ether oxygens (including phenoxy) is 1. The fourth-order valence-corrected chi connectivity index (χ4v) is 4.29. The number of amides is 3. The molecule has 4 rings (SSSR count). The van der Waals surface area contributed by atoms with Gasteiger partial charge in [-0.3, -0.25) is 14.4 Å². The lowest BCUT2D eigenvalue weighted by Crippen LogP contribution is -2.32. The van der Waals surface area contributed by atoms with Crippen LogP contribution in [0.2, 0.25) is 0 Å². The van der Waals surface area contributed by atoms with E-state index in [9.17, 15) is 19.2 Å². The lowest BCUT2D eigenvalue weighted by atomic mass is 10.1. The van der Waals surface area contributed by atoms with Crippen LogP contribution >= 0.6 is 11.6 Å². The number of nitrogens with one attached hydrogen (secondary N) is 1. The Balaban J connectivity index is 1.54. The average Bonchev–Trinajstić information content (AvgIpc) is 3.12. The Kier molecular flexibility index (Phi) is 7.93. The number of carbonyl (C=O) groups excluding carboxylic acids is 4. The topological polar surface area (TPSA) is 96.0 Å². The summed E-state index contributed by atoms with van der Waals surface area (Å²) in [5, 5.41) is 2.63. The van der Waals surface area contributed by atoms with Crippen LogP contribution in [0.3, 0.4) is 0 Å². The van der Waals surface area contributed by atoms with Gasteiger partial charge in [0.1, 0.15) is 10.7 Å². The third-order valence-corrected chi connectivity index (χ3v) is 6.27. The molecule has 0 aromatic heterocycles. The quantitative estimate of drug-likeness (QED) is 0.314. The highest BCUT2D eigenvalue weighted by Crippen LogP contribution is 2.31. The first-order valence-electron chi connectivity index (χ1n) is 12.1. The highest BCUT2D eigenvalue weighted by atomic mass is 35.5. The molecule has 0 saturated heterocycles. The van der Waals surface area contributed by atoms with E-state index in [2.05, 4.69) is 5.32 Å². The Morgan fingerprint density at radius 1 is 0.921 bits per heavy atom. The Labute approximate surface area is 225 Å². The predicted molar refractivity (Wildman–Crippen MR) is 146 cm³/mol. The molecule has 9 heteroatoms. The van der Waals surface area contributed by atoms with Gasteiger partial charge in [0, 0.05) is 23.5 Å². The van der Waals surface area contributed by atoms with Gasteiger partial charge in [-0.05, 0) is 80.9 Å². The summed E-state index contributed by atoms with van der Waals surface area (Å²) in [5.41, 5.74) is 3.08. The van der Waals surface area contributed by atoms with Crippen LogP contribution in [0.4, 0.5) is 17.1 Å². The normalized spacial score (nSPS) is 13.1. The summed E-state index contributed by atoms with van der Waals surface area (Å²) in [6.07, 6.45) is 0. The first-order valence-corrected chi connectivity index (χ1v) is 12.4. The third kappa shape index (κ3) is 5.31. The monoisotopic (exact) mass is 531 g/mol. The van der Waals surface area contributed by atoms with E-state index >= 15 is 0 Å². The van der Waals surface area contributed by atoms with E-state index in [1.165, 1.54) is 24.3 Å². The molecule has 0 bridgehead atoms. The number of hydrogen-bond donors (Lipinski definition) is 1. The van der Waals surface area contributed by atoms with Gasteiger partial charge in [-0.1, -0.05) is 29.8 Å². The maximum absolute atomic E-state index is 13.3. The summed E-state index contributed by atoms with van der Waals surface area (Å²) in [6.45, 7) is 6.25. The maximum atomic E-state index is 13.3. The summed E-state index contributed by atoms with van der Waals surface area (Å²) < 4.78 is 4.96. The van der Waals surface area contributed by atoms with Crippen LogP contribution in [0.5, 0.6) is 0 Å². The number of aryl methyl sites for hydroxylation is 1. The van der Waals surface area contributed by atoms with Crippen molar-refractivity contribution in [2.24, 2.45) is 0 Å². The second-order valence-corrected chi connectivity index (χ2v) is 8.87. The molecule has 0 aliphatic carbocycles. The van der Waals surface area contributed by atoms with Gasteiger partial charge in [-0.15, -0.1) is 0 Å². The summed E-state index contributed by atoms with van der Waals surface area (Å²) in [7, 11) is 0. The molecule has 0 fully saturated rings. The molecule has 0 unspecified atom stereocenters. The number of rotatable bonds is 8. The fraction of sp³-hybridized carbons (Fsp3) is 0.172. The molecule has 1 aliphatic heterocycles. The van der Waals surface area contributed by atoms with E-state index in [-0.39, 0.29) is 28.9 Å². The maximum Gasteiger partial charge on any atom is 0.338 e. The fourth-order valence-electron chi connectivity index (χ4n) is 4.08. The highest BCUT2D eigenvalue weighted by Gasteiger charge is 2.39. The SMILES string of the molecule is CCOC(=O)c1ccc(N2C(=O)C(Cl)=C(Nc3cccc(C(=O)N(CC)c4cccc(C)c4)c3)C2=O)cc1. The van der Waals surface area contributed by atoms with E-state index in [0.717, 1.165) is 16.2 Å². The molecular weight excluding hydrogens is 506 g/mol. The van der Waals surface area contributed by atoms with Crippen molar-refractivity contribution in [1.29, 1.82) is 0 Å². The largest absolute Gasteiger partial charge is 0.462 e. The van der Waals surface area contributed by atoms with Gasteiger partial charge in [0.15, 0.2) is 0 Å². The van der Waals surface area contributed by atoms with Crippen LogP contribution in [0.1, 0.15) is 40.1 Å². The molecule has 3 aromatic carbocycles. The molecule has 1 N–H and O–H groups in total. The van der Waals surface area contributed by atoms with Crippen molar-refractivity contribution in [3.63, 3.8) is 0 Å². The molecule has 1 aliphatic rings. The first-order chi connectivity index (χ1) is 18.2. The average molecular weight is 532 g/mol. The van der Waals surface area contributed by atoms with E-state index in [0.29, 0.717) is 23.4 Å². The Morgan fingerprint density at radius 2 is 1.63 bits per heavy atom. The van der Waals surface area contributed by atoms with Crippen molar-refractivity contribution < 1.29 is 23.9 Å². The van der Waals surface area contributed by atoms with Gasteiger partial charge in [-0.25, -0.2) is 9.69 Å². The van der Waals surface area contributed by atoms with Crippen molar-refractivity contribution in [3.8, 4) is 0 Å². The number of halogens is 1. The second-order valence-electron chi connectivity index (χ2n) is 8.50. The molecule has 0 radical (unpaired) electrons. The van der Waals surface area contributed by atoms with Crippen molar-refractivity contribution in [2.75, 3.05) is 28.3 Å². The zero-order valence-electron chi connectivity index (χ0n) is 21.2. The zero-order valence-corrected chi connectivity index (χ0v) is 21.9. The molecule has 8 nitrogen and oxygen atoms in total. The van der Waals surface area contributed by atoms with Gasteiger partial charge in [0.2, 0.25) is 0 Å². The Hall–Kier alpha value is -4.43. The molecule has 3 amide bonds. The number of anilines is 3. The van der Waals surface area contributed by atoms with E-state index in [1.54, 1.807) is 36.1 Å². The standard InChI is InChI=1S/C29H26ClN3O5/c1-4-32(23-11-6-8-18(3)16-23)26(34)20-9-7-10-21(17-20)31-25-24(30)27(35)33(28(25)36)22-14-12-19(13-15-22)29(37)38-5-2/h6-17,31H,4-5H2,1-3H3. The number of nitrogens with zero attached hydrogens (tertiary/aromatic N) is 2. The minimum Gasteiger partial charge on any atom is -0.462 e. The lowest BCUT2D eigenvalue weighted by Gasteiger charge is -2.22. The van der Waals surface area contributed by atoms with E-state index in [1.807, 2.05) is 38.1 Å². The molecule has 1 heterocycles. The van der Waals surface area contributed by atoms with Crippen molar-refractivity contribution in [1.82, 2.24) is 0 Å². The number of imide groups is 1. The van der Waals surface area contributed by atoms with Crippen LogP contribution in [-0.4, -0.2) is 36.8 Å². The highest BCUT2D eigenvalue weighted by molar-refractivity contribution is 6.53. The van der Waals surface area contributed by atoms with E-state index in [4.69, 9.17) is 16.3 Å². The summed E-state index contributed by atoms with van der Waals surface area (Å²) in [4.78, 5) is 53.8. The van der Waals surface area contributed by atoms with Gasteiger partial charge in [0.05, 0.1) is 17.9 Å². The molecular formula is C29H26ClN3O5. The summed E-state index contributed by atoms with van der Waals surface area (Å²) in [6, 6.07) is 20.2.